The zero-order valence-electron chi connectivity index (χ0n) is 7.76. The Morgan fingerprint density at radius 1 is 1.58 bits per heavy atom. The molecular weight excluding hydrogens is 218 g/mol. The van der Waals surface area contributed by atoms with Gasteiger partial charge in [0.25, 0.3) is 0 Å². The number of hydrogen-bond donors (Lipinski definition) is 0. The fourth-order valence-corrected chi connectivity index (χ4v) is 2.23. The third-order valence-corrected chi connectivity index (χ3v) is 3.35. The highest BCUT2D eigenvalue weighted by Crippen LogP contribution is 2.17. The third kappa shape index (κ3) is 3.42. The van der Waals surface area contributed by atoms with Crippen LogP contribution in [0.2, 0.25) is 0 Å². The van der Waals surface area contributed by atoms with Crippen LogP contribution in [-0.4, -0.2) is 43.6 Å². The van der Waals surface area contributed by atoms with Crippen LogP contribution in [0.5, 0.6) is 0 Å². The van der Waals surface area contributed by atoms with Crippen molar-refractivity contribution in [2.45, 2.75) is 12.8 Å². The monoisotopic (exact) mass is 235 g/mol. The second kappa shape index (κ2) is 5.95. The van der Waals surface area contributed by atoms with E-state index in [0.717, 1.165) is 24.4 Å². The average Bonchev–Trinajstić information content (AvgIpc) is 2.15. The Kier molecular flexibility index (Phi) is 5.19. The van der Waals surface area contributed by atoms with Gasteiger partial charge < -0.3 is 9.64 Å². The van der Waals surface area contributed by atoms with Gasteiger partial charge in [-0.15, -0.1) is 0 Å². The fraction of sp³-hybridized carbons (Fsp3) is 1.00. The van der Waals surface area contributed by atoms with Crippen LogP contribution in [-0.2, 0) is 4.74 Å². The second-order valence-corrected chi connectivity index (χ2v) is 4.10. The van der Waals surface area contributed by atoms with Crippen molar-refractivity contribution in [3.8, 4) is 0 Å². The van der Waals surface area contributed by atoms with Gasteiger partial charge in [-0.1, -0.05) is 15.9 Å². The summed E-state index contributed by atoms with van der Waals surface area (Å²) in [7, 11) is 1.77. The number of hydrogen-bond acceptors (Lipinski definition) is 2. The highest BCUT2D eigenvalue weighted by atomic mass is 79.9. The van der Waals surface area contributed by atoms with Crippen molar-refractivity contribution >= 4 is 15.9 Å². The molecule has 1 aliphatic heterocycles. The summed E-state index contributed by atoms with van der Waals surface area (Å²) in [5.74, 6) is 0.857. The van der Waals surface area contributed by atoms with Crippen molar-refractivity contribution in [3.05, 3.63) is 0 Å². The van der Waals surface area contributed by atoms with E-state index in [9.17, 15) is 0 Å². The molecule has 0 aromatic rings. The summed E-state index contributed by atoms with van der Waals surface area (Å²) in [6.45, 7) is 4.47. The smallest absolute Gasteiger partial charge is 0.0589 e. The number of piperidine rings is 1. The third-order valence-electron chi connectivity index (χ3n) is 2.43. The number of ether oxygens (including phenoxy) is 1. The Bertz CT molecular complexity index is 121. The summed E-state index contributed by atoms with van der Waals surface area (Å²) in [5.41, 5.74) is 0. The van der Waals surface area contributed by atoms with E-state index in [2.05, 4.69) is 20.8 Å². The van der Waals surface area contributed by atoms with Gasteiger partial charge in [0, 0.05) is 25.5 Å². The van der Waals surface area contributed by atoms with Crippen molar-refractivity contribution in [3.63, 3.8) is 0 Å². The van der Waals surface area contributed by atoms with Gasteiger partial charge in [0.2, 0.25) is 0 Å². The minimum absolute atomic E-state index is 0.857. The summed E-state index contributed by atoms with van der Waals surface area (Å²) < 4.78 is 5.06. The quantitative estimate of drug-likeness (QED) is 0.689. The van der Waals surface area contributed by atoms with Gasteiger partial charge in [-0.05, 0) is 25.3 Å². The Morgan fingerprint density at radius 2 is 2.42 bits per heavy atom. The van der Waals surface area contributed by atoms with Gasteiger partial charge >= 0.3 is 0 Å². The summed E-state index contributed by atoms with van der Waals surface area (Å²) in [4.78, 5) is 2.50. The Balaban J connectivity index is 2.16. The van der Waals surface area contributed by atoms with E-state index < -0.39 is 0 Å². The van der Waals surface area contributed by atoms with E-state index in [1.807, 2.05) is 0 Å². The first-order valence-electron chi connectivity index (χ1n) is 4.64. The molecule has 0 saturated carbocycles. The normalized spacial score (nSPS) is 26.0. The highest BCUT2D eigenvalue weighted by molar-refractivity contribution is 9.09. The molecule has 3 heteroatoms. The zero-order valence-corrected chi connectivity index (χ0v) is 9.35. The van der Waals surface area contributed by atoms with Crippen molar-refractivity contribution in [2.75, 3.05) is 38.7 Å². The van der Waals surface area contributed by atoms with Crippen LogP contribution in [0.4, 0.5) is 0 Å². The number of halogens is 1. The summed E-state index contributed by atoms with van der Waals surface area (Å²) >= 11 is 3.55. The molecule has 0 amide bonds. The van der Waals surface area contributed by atoms with E-state index in [1.54, 1.807) is 7.11 Å². The minimum Gasteiger partial charge on any atom is -0.383 e. The first-order valence-corrected chi connectivity index (χ1v) is 5.76. The van der Waals surface area contributed by atoms with E-state index in [1.165, 1.54) is 25.9 Å². The van der Waals surface area contributed by atoms with E-state index >= 15 is 0 Å². The molecule has 0 aliphatic carbocycles. The molecule has 1 rings (SSSR count). The maximum Gasteiger partial charge on any atom is 0.0589 e. The van der Waals surface area contributed by atoms with Gasteiger partial charge in [-0.25, -0.2) is 0 Å². The zero-order chi connectivity index (χ0) is 8.81. The summed E-state index contributed by atoms with van der Waals surface area (Å²) in [5, 5.41) is 1.15. The molecule has 0 aromatic carbocycles. The number of alkyl halides is 1. The molecule has 12 heavy (non-hydrogen) atoms. The number of rotatable bonds is 4. The number of likely N-dealkylation sites (tertiary alicyclic amines) is 1. The molecule has 0 radical (unpaired) electrons. The van der Waals surface area contributed by atoms with E-state index in [-0.39, 0.29) is 0 Å². The van der Waals surface area contributed by atoms with Crippen LogP contribution < -0.4 is 0 Å². The van der Waals surface area contributed by atoms with Crippen LogP contribution in [0.15, 0.2) is 0 Å². The molecule has 1 saturated heterocycles. The van der Waals surface area contributed by atoms with Crippen molar-refractivity contribution < 1.29 is 4.74 Å². The molecule has 1 aliphatic rings. The summed E-state index contributed by atoms with van der Waals surface area (Å²) in [6.07, 6.45) is 2.73. The van der Waals surface area contributed by atoms with E-state index in [4.69, 9.17) is 4.74 Å². The average molecular weight is 236 g/mol. The van der Waals surface area contributed by atoms with Crippen LogP contribution in [0.3, 0.4) is 0 Å². The van der Waals surface area contributed by atoms with Crippen LogP contribution >= 0.6 is 15.9 Å². The lowest BCUT2D eigenvalue weighted by Crippen LogP contribution is -2.37. The molecule has 1 atom stereocenters. The fourth-order valence-electron chi connectivity index (χ4n) is 1.70. The molecule has 2 nitrogen and oxygen atoms in total. The van der Waals surface area contributed by atoms with Crippen molar-refractivity contribution in [1.29, 1.82) is 0 Å². The van der Waals surface area contributed by atoms with Crippen LogP contribution in [0, 0.1) is 5.92 Å². The van der Waals surface area contributed by atoms with E-state index in [0.29, 0.717) is 0 Å². The molecule has 0 bridgehead atoms. The lowest BCUT2D eigenvalue weighted by molar-refractivity contribution is 0.120. The Labute approximate surface area is 83.4 Å². The molecule has 0 N–H and O–H groups in total. The standard InChI is InChI=1S/C9H18BrNO/c1-12-6-5-11-4-2-3-9(7-10)8-11/h9H,2-8H2,1H3. The lowest BCUT2D eigenvalue weighted by atomic mass is 10.0. The maximum atomic E-state index is 5.06. The number of methoxy groups -OCH3 is 1. The summed E-state index contributed by atoms with van der Waals surface area (Å²) in [6, 6.07) is 0. The largest absolute Gasteiger partial charge is 0.383 e. The topological polar surface area (TPSA) is 12.5 Å². The molecule has 72 valence electrons. The Hall–Kier alpha value is 0.400. The molecule has 0 spiro atoms. The van der Waals surface area contributed by atoms with Gasteiger partial charge in [-0.2, -0.15) is 0 Å². The highest BCUT2D eigenvalue weighted by Gasteiger charge is 2.17. The molecule has 1 heterocycles. The SMILES string of the molecule is COCCN1CCCC(CBr)C1. The Morgan fingerprint density at radius 3 is 3.08 bits per heavy atom. The van der Waals surface area contributed by atoms with Gasteiger partial charge in [0.1, 0.15) is 0 Å². The molecule has 1 unspecified atom stereocenters. The number of nitrogens with zero attached hydrogens (tertiary/aromatic N) is 1. The first-order chi connectivity index (χ1) is 5.86. The first kappa shape index (κ1) is 10.5. The predicted molar refractivity (Wildman–Crippen MR) is 54.8 cm³/mol. The lowest BCUT2D eigenvalue weighted by Gasteiger charge is -2.31. The second-order valence-electron chi connectivity index (χ2n) is 3.46. The van der Waals surface area contributed by atoms with Crippen LogP contribution in [0.1, 0.15) is 12.8 Å². The van der Waals surface area contributed by atoms with Gasteiger partial charge in [-0.3, -0.25) is 0 Å². The maximum absolute atomic E-state index is 5.06. The minimum atomic E-state index is 0.857. The van der Waals surface area contributed by atoms with Gasteiger partial charge in [0.05, 0.1) is 6.61 Å². The van der Waals surface area contributed by atoms with Crippen molar-refractivity contribution in [2.24, 2.45) is 5.92 Å². The molecule has 1 fully saturated rings. The predicted octanol–water partition coefficient (Wildman–Crippen LogP) is 1.74. The van der Waals surface area contributed by atoms with Gasteiger partial charge in [0.15, 0.2) is 0 Å². The van der Waals surface area contributed by atoms with Crippen molar-refractivity contribution in [1.82, 2.24) is 4.90 Å². The molecular formula is C9H18BrNO. The van der Waals surface area contributed by atoms with Crippen LogP contribution in [0.25, 0.3) is 0 Å². The molecule has 0 aromatic heterocycles.